The van der Waals surface area contributed by atoms with Gasteiger partial charge in [0.2, 0.25) is 0 Å². The van der Waals surface area contributed by atoms with Gasteiger partial charge in [0.15, 0.2) is 0 Å². The molecule has 1 unspecified atom stereocenters. The minimum atomic E-state index is -0.0417. The summed E-state index contributed by atoms with van der Waals surface area (Å²) in [6.07, 6.45) is 19.2. The van der Waals surface area contributed by atoms with E-state index in [9.17, 15) is 0 Å². The zero-order chi connectivity index (χ0) is 18.5. The second kappa shape index (κ2) is 12.2. The van der Waals surface area contributed by atoms with Crippen LogP contribution in [0.5, 0.6) is 5.75 Å². The predicted molar refractivity (Wildman–Crippen MR) is 111 cm³/mol. The number of ether oxygens (including phenoxy) is 2. The largest absolute Gasteiger partial charge is 0.490 e. The first-order valence-corrected chi connectivity index (χ1v) is 10.7. The van der Waals surface area contributed by atoms with Crippen molar-refractivity contribution in [1.29, 1.82) is 0 Å². The molecule has 1 saturated heterocycles. The van der Waals surface area contributed by atoms with E-state index in [1.807, 2.05) is 6.07 Å². The SMILES string of the molecule is CCCCCC/C=C/CCCCCCc1cccc(OCC2(C)CO2)c1. The Labute approximate surface area is 161 Å². The maximum Gasteiger partial charge on any atom is 0.123 e. The Kier molecular flexibility index (Phi) is 9.84. The minimum Gasteiger partial charge on any atom is -0.490 e. The van der Waals surface area contributed by atoms with Crippen LogP contribution in [-0.4, -0.2) is 18.8 Å². The van der Waals surface area contributed by atoms with Crippen molar-refractivity contribution in [1.82, 2.24) is 0 Å². The molecular formula is C24H38O2. The van der Waals surface area contributed by atoms with Gasteiger partial charge in [0.1, 0.15) is 18.0 Å². The van der Waals surface area contributed by atoms with Crippen LogP contribution in [0, 0.1) is 0 Å². The van der Waals surface area contributed by atoms with Gasteiger partial charge in [-0.2, -0.15) is 0 Å². The van der Waals surface area contributed by atoms with Crippen molar-refractivity contribution in [3.8, 4) is 5.75 Å². The lowest BCUT2D eigenvalue weighted by molar-refractivity contribution is 0.202. The molecule has 0 saturated carbocycles. The number of unbranched alkanes of at least 4 members (excludes halogenated alkanes) is 8. The first kappa shape index (κ1) is 21.0. The van der Waals surface area contributed by atoms with E-state index in [4.69, 9.17) is 9.47 Å². The number of allylic oxidation sites excluding steroid dienone is 2. The quantitative estimate of drug-likeness (QED) is 0.194. The zero-order valence-electron chi connectivity index (χ0n) is 17.0. The molecule has 1 atom stereocenters. The summed E-state index contributed by atoms with van der Waals surface area (Å²) in [5.41, 5.74) is 1.34. The van der Waals surface area contributed by atoms with Crippen molar-refractivity contribution in [2.24, 2.45) is 0 Å². The molecule has 0 N–H and O–H groups in total. The summed E-state index contributed by atoms with van der Waals surface area (Å²) < 4.78 is 11.2. The van der Waals surface area contributed by atoms with Gasteiger partial charge in [-0.1, -0.05) is 63.3 Å². The van der Waals surface area contributed by atoms with Gasteiger partial charge in [0.25, 0.3) is 0 Å². The molecule has 0 radical (unpaired) electrons. The Hall–Kier alpha value is -1.28. The normalized spacial score (nSPS) is 19.2. The van der Waals surface area contributed by atoms with Gasteiger partial charge in [-0.05, 0) is 63.1 Å². The highest BCUT2D eigenvalue weighted by Gasteiger charge is 2.40. The van der Waals surface area contributed by atoms with Crippen molar-refractivity contribution >= 4 is 0 Å². The molecule has 26 heavy (non-hydrogen) atoms. The average Bonchev–Trinajstić information content (AvgIpc) is 3.39. The summed E-state index contributed by atoms with van der Waals surface area (Å²) in [6, 6.07) is 8.55. The number of epoxide rings is 1. The van der Waals surface area contributed by atoms with Crippen molar-refractivity contribution in [2.75, 3.05) is 13.2 Å². The third-order valence-corrected chi connectivity index (χ3v) is 5.06. The van der Waals surface area contributed by atoms with E-state index in [1.165, 1.54) is 69.8 Å². The molecule has 146 valence electrons. The molecular weight excluding hydrogens is 320 g/mol. The molecule has 2 nitrogen and oxygen atoms in total. The van der Waals surface area contributed by atoms with Crippen molar-refractivity contribution in [3.63, 3.8) is 0 Å². The highest BCUT2D eigenvalue weighted by atomic mass is 16.6. The van der Waals surface area contributed by atoms with E-state index in [0.29, 0.717) is 6.61 Å². The van der Waals surface area contributed by atoms with E-state index >= 15 is 0 Å². The van der Waals surface area contributed by atoms with Crippen LogP contribution in [0.4, 0.5) is 0 Å². The third kappa shape index (κ3) is 9.43. The summed E-state index contributed by atoms with van der Waals surface area (Å²) in [7, 11) is 0. The lowest BCUT2D eigenvalue weighted by Crippen LogP contribution is -2.16. The monoisotopic (exact) mass is 358 g/mol. The molecule has 0 spiro atoms. The van der Waals surface area contributed by atoms with Gasteiger partial charge in [-0.3, -0.25) is 0 Å². The fraction of sp³-hybridized carbons (Fsp3) is 0.667. The van der Waals surface area contributed by atoms with Gasteiger partial charge in [-0.15, -0.1) is 0 Å². The van der Waals surface area contributed by atoms with Crippen molar-refractivity contribution in [3.05, 3.63) is 42.0 Å². The Morgan fingerprint density at radius 3 is 2.38 bits per heavy atom. The standard InChI is InChI=1S/C24H38O2/c1-3-4-5-6-7-8-9-10-11-12-13-14-16-22-17-15-18-23(19-22)25-20-24(2)21-26-24/h8-9,15,17-19H,3-7,10-14,16,20-21H2,1-2H3/b9-8+. The first-order chi connectivity index (χ1) is 12.7. The average molecular weight is 359 g/mol. The van der Waals surface area contributed by atoms with E-state index in [-0.39, 0.29) is 5.60 Å². The summed E-state index contributed by atoms with van der Waals surface area (Å²) in [4.78, 5) is 0. The Balaban J connectivity index is 1.47. The van der Waals surface area contributed by atoms with Crippen LogP contribution in [-0.2, 0) is 11.2 Å². The maximum atomic E-state index is 5.85. The third-order valence-electron chi connectivity index (χ3n) is 5.06. The second-order valence-electron chi connectivity index (χ2n) is 7.95. The summed E-state index contributed by atoms with van der Waals surface area (Å²) in [5.74, 6) is 0.975. The first-order valence-electron chi connectivity index (χ1n) is 10.7. The van der Waals surface area contributed by atoms with E-state index in [2.05, 4.69) is 44.2 Å². The molecule has 1 aromatic carbocycles. The smallest absolute Gasteiger partial charge is 0.123 e. The number of hydrogen-bond donors (Lipinski definition) is 0. The number of aryl methyl sites for hydroxylation is 1. The zero-order valence-corrected chi connectivity index (χ0v) is 17.0. The summed E-state index contributed by atoms with van der Waals surface area (Å²) >= 11 is 0. The Morgan fingerprint density at radius 1 is 1.00 bits per heavy atom. The second-order valence-corrected chi connectivity index (χ2v) is 7.95. The van der Waals surface area contributed by atoms with E-state index < -0.39 is 0 Å². The highest BCUT2D eigenvalue weighted by Crippen LogP contribution is 2.27. The van der Waals surface area contributed by atoms with Crippen LogP contribution in [0.3, 0.4) is 0 Å². The highest BCUT2D eigenvalue weighted by molar-refractivity contribution is 5.28. The lowest BCUT2D eigenvalue weighted by Gasteiger charge is -2.10. The molecule has 1 aromatic rings. The molecule has 0 aromatic heterocycles. The van der Waals surface area contributed by atoms with Gasteiger partial charge in [-0.25, -0.2) is 0 Å². The van der Waals surface area contributed by atoms with Gasteiger partial charge >= 0.3 is 0 Å². The van der Waals surface area contributed by atoms with Crippen LogP contribution < -0.4 is 4.74 Å². The maximum absolute atomic E-state index is 5.85. The number of rotatable bonds is 15. The fourth-order valence-corrected chi connectivity index (χ4v) is 3.10. The molecule has 0 bridgehead atoms. The van der Waals surface area contributed by atoms with Crippen LogP contribution in [0.25, 0.3) is 0 Å². The van der Waals surface area contributed by atoms with Crippen LogP contribution in [0.1, 0.15) is 83.6 Å². The number of benzene rings is 1. The Bertz CT molecular complexity index is 517. The number of hydrogen-bond acceptors (Lipinski definition) is 2. The molecule has 1 aliphatic rings. The van der Waals surface area contributed by atoms with Crippen molar-refractivity contribution < 1.29 is 9.47 Å². The molecule has 0 aliphatic carbocycles. The van der Waals surface area contributed by atoms with Gasteiger partial charge < -0.3 is 9.47 Å². The molecule has 1 fully saturated rings. The summed E-state index contributed by atoms with van der Waals surface area (Å²) in [6.45, 7) is 5.84. The van der Waals surface area contributed by atoms with E-state index in [0.717, 1.165) is 18.8 Å². The Morgan fingerprint density at radius 2 is 1.69 bits per heavy atom. The predicted octanol–water partition coefficient (Wildman–Crippen LogP) is 6.87. The molecule has 1 heterocycles. The van der Waals surface area contributed by atoms with Gasteiger partial charge in [0.05, 0.1) is 6.61 Å². The van der Waals surface area contributed by atoms with E-state index in [1.54, 1.807) is 0 Å². The minimum absolute atomic E-state index is 0.0417. The van der Waals surface area contributed by atoms with Crippen LogP contribution in [0.15, 0.2) is 36.4 Å². The lowest BCUT2D eigenvalue weighted by atomic mass is 10.0. The molecule has 0 amide bonds. The van der Waals surface area contributed by atoms with Crippen LogP contribution in [0.2, 0.25) is 0 Å². The topological polar surface area (TPSA) is 21.8 Å². The van der Waals surface area contributed by atoms with Gasteiger partial charge in [0, 0.05) is 0 Å². The van der Waals surface area contributed by atoms with Crippen LogP contribution >= 0.6 is 0 Å². The fourth-order valence-electron chi connectivity index (χ4n) is 3.10. The molecule has 1 aliphatic heterocycles. The van der Waals surface area contributed by atoms with Crippen molar-refractivity contribution in [2.45, 2.75) is 90.1 Å². The molecule has 2 heteroatoms. The summed E-state index contributed by atoms with van der Waals surface area (Å²) in [5, 5.41) is 0. The molecule has 2 rings (SSSR count).